The Labute approximate surface area is 76.4 Å². The number of hydrogen-bond donors (Lipinski definition) is 0. The monoisotopic (exact) mass is 184 g/mol. The molecule has 0 heterocycles. The number of benzene rings is 1. The Morgan fingerprint density at radius 1 is 1.20 bits per heavy atom. The van der Waals surface area contributed by atoms with E-state index >= 15 is 0 Å². The molecule has 0 saturated carbocycles. The zero-order chi connectivity index (χ0) is 7.11. The molecule has 0 amide bonds. The molecule has 0 atom stereocenters. The van der Waals surface area contributed by atoms with E-state index < -0.39 is 0 Å². The molecule has 0 radical (unpaired) electrons. The van der Waals surface area contributed by atoms with Crippen LogP contribution in [0.15, 0.2) is 24.3 Å². The summed E-state index contributed by atoms with van der Waals surface area (Å²) in [5, 5.41) is 0. The standard InChI is InChI=1S/C7H7.C2H5.Zn/c1-7-5-3-2-4-6-7;1-2;/h3-6H,1H3;1H2,2H3;/q2*-1;+2. The van der Waals surface area contributed by atoms with Crippen molar-refractivity contribution in [2.75, 3.05) is 0 Å². The molecule has 0 saturated heterocycles. The van der Waals surface area contributed by atoms with E-state index in [1.165, 1.54) is 5.56 Å². The van der Waals surface area contributed by atoms with Crippen molar-refractivity contribution in [1.29, 1.82) is 0 Å². The SMILES string of the molecule is Cc1cc[c-]cc1.[CH2-]C.[Zn+2]. The Hall–Kier alpha value is -0.157. The van der Waals surface area contributed by atoms with Crippen LogP contribution in [0.25, 0.3) is 0 Å². The fraction of sp³-hybridized carbons (Fsp3) is 0.222. The van der Waals surface area contributed by atoms with Crippen molar-refractivity contribution in [1.82, 2.24) is 0 Å². The van der Waals surface area contributed by atoms with Crippen LogP contribution in [0.1, 0.15) is 12.5 Å². The molecule has 1 heteroatoms. The molecular formula is C9H12Zn. The van der Waals surface area contributed by atoms with E-state index in [2.05, 4.69) is 19.9 Å². The molecule has 1 aromatic rings. The second-order valence-corrected chi connectivity index (χ2v) is 1.58. The van der Waals surface area contributed by atoms with Crippen LogP contribution in [0, 0.1) is 19.9 Å². The summed E-state index contributed by atoms with van der Waals surface area (Å²) in [5.41, 5.74) is 1.29. The summed E-state index contributed by atoms with van der Waals surface area (Å²) in [6.07, 6.45) is 0. The molecule has 50 valence electrons. The first-order valence-corrected chi connectivity index (χ1v) is 3.03. The zero-order valence-corrected chi connectivity index (χ0v) is 9.69. The first kappa shape index (κ1) is 12.5. The van der Waals surface area contributed by atoms with E-state index in [4.69, 9.17) is 0 Å². The van der Waals surface area contributed by atoms with Crippen molar-refractivity contribution in [2.24, 2.45) is 0 Å². The summed E-state index contributed by atoms with van der Waals surface area (Å²) in [5.74, 6) is 0. The number of hydrogen-bond acceptors (Lipinski definition) is 0. The normalized spacial score (nSPS) is 6.70. The first-order valence-electron chi connectivity index (χ1n) is 3.03. The van der Waals surface area contributed by atoms with Gasteiger partial charge in [-0.2, -0.15) is 42.8 Å². The van der Waals surface area contributed by atoms with Crippen LogP contribution >= 0.6 is 0 Å². The molecule has 0 nitrogen and oxygen atoms in total. The predicted octanol–water partition coefficient (Wildman–Crippen LogP) is 2.63. The molecule has 0 N–H and O–H groups in total. The van der Waals surface area contributed by atoms with Crippen LogP contribution in [0.3, 0.4) is 0 Å². The van der Waals surface area contributed by atoms with Gasteiger partial charge in [0.05, 0.1) is 0 Å². The maximum absolute atomic E-state index is 3.25. The fourth-order valence-electron chi connectivity index (χ4n) is 0.470. The van der Waals surface area contributed by atoms with E-state index in [1.54, 1.807) is 6.92 Å². The van der Waals surface area contributed by atoms with Gasteiger partial charge in [-0.15, -0.1) is 0 Å². The van der Waals surface area contributed by atoms with Gasteiger partial charge in [0.25, 0.3) is 0 Å². The molecule has 0 aliphatic heterocycles. The van der Waals surface area contributed by atoms with E-state index in [-0.39, 0.29) is 19.5 Å². The number of aryl methyl sites for hydroxylation is 1. The summed E-state index contributed by atoms with van der Waals surface area (Å²) < 4.78 is 0. The second kappa shape index (κ2) is 8.84. The molecule has 0 aliphatic carbocycles. The van der Waals surface area contributed by atoms with E-state index in [0.717, 1.165) is 0 Å². The van der Waals surface area contributed by atoms with Gasteiger partial charge in [0.2, 0.25) is 0 Å². The van der Waals surface area contributed by atoms with Crippen LogP contribution < -0.4 is 0 Å². The van der Waals surface area contributed by atoms with Gasteiger partial charge >= 0.3 is 19.5 Å². The van der Waals surface area contributed by atoms with Crippen molar-refractivity contribution >= 4 is 0 Å². The van der Waals surface area contributed by atoms with E-state index in [1.807, 2.05) is 24.3 Å². The third-order valence-electron chi connectivity index (χ3n) is 0.885. The smallest absolute Gasteiger partial charge is 0.346 e. The molecule has 0 fully saturated rings. The molecule has 0 spiro atoms. The third kappa shape index (κ3) is 5.97. The van der Waals surface area contributed by atoms with E-state index in [0.29, 0.717) is 0 Å². The second-order valence-electron chi connectivity index (χ2n) is 1.58. The molecule has 0 unspecified atom stereocenters. The van der Waals surface area contributed by atoms with Crippen LogP contribution in [0.5, 0.6) is 0 Å². The van der Waals surface area contributed by atoms with Crippen LogP contribution in [0.2, 0.25) is 0 Å². The molecule has 0 aliphatic rings. The Morgan fingerprint density at radius 3 is 1.80 bits per heavy atom. The molecule has 1 aromatic carbocycles. The summed E-state index contributed by atoms with van der Waals surface area (Å²) in [6.45, 7) is 7.06. The molecule has 0 aromatic heterocycles. The summed E-state index contributed by atoms with van der Waals surface area (Å²) in [4.78, 5) is 0. The van der Waals surface area contributed by atoms with Crippen LogP contribution in [-0.2, 0) is 19.5 Å². The Kier molecular flexibility index (Phi) is 11.1. The molecule has 1 rings (SSSR count). The summed E-state index contributed by atoms with van der Waals surface area (Å²) in [6, 6.07) is 10.8. The number of rotatable bonds is 0. The van der Waals surface area contributed by atoms with Crippen molar-refractivity contribution in [3.8, 4) is 0 Å². The van der Waals surface area contributed by atoms with Crippen molar-refractivity contribution in [2.45, 2.75) is 13.8 Å². The van der Waals surface area contributed by atoms with Crippen molar-refractivity contribution in [3.05, 3.63) is 42.8 Å². The van der Waals surface area contributed by atoms with Crippen LogP contribution in [-0.4, -0.2) is 0 Å². The first-order chi connectivity index (χ1) is 4.39. The average molecular weight is 186 g/mol. The quantitative estimate of drug-likeness (QED) is 0.431. The van der Waals surface area contributed by atoms with Gasteiger partial charge in [0.1, 0.15) is 0 Å². The fourth-order valence-corrected chi connectivity index (χ4v) is 0.470. The van der Waals surface area contributed by atoms with Gasteiger partial charge in [-0.05, 0) is 0 Å². The minimum Gasteiger partial charge on any atom is -0.346 e. The summed E-state index contributed by atoms with van der Waals surface area (Å²) >= 11 is 0. The van der Waals surface area contributed by atoms with Crippen molar-refractivity contribution in [3.63, 3.8) is 0 Å². The molecule has 10 heavy (non-hydrogen) atoms. The third-order valence-corrected chi connectivity index (χ3v) is 0.885. The predicted molar refractivity (Wildman–Crippen MR) is 41.0 cm³/mol. The minimum absolute atomic E-state index is 0. The van der Waals surface area contributed by atoms with Gasteiger partial charge in [-0.3, -0.25) is 0 Å². The van der Waals surface area contributed by atoms with Gasteiger partial charge in [-0.1, -0.05) is 6.92 Å². The minimum atomic E-state index is 0. The van der Waals surface area contributed by atoms with Gasteiger partial charge in [-0.25, -0.2) is 0 Å². The average Bonchev–Trinajstić information content (AvgIpc) is 1.94. The van der Waals surface area contributed by atoms with Crippen LogP contribution in [0.4, 0.5) is 0 Å². The molecular weight excluding hydrogens is 173 g/mol. The molecule has 0 bridgehead atoms. The maximum Gasteiger partial charge on any atom is 2.00 e. The van der Waals surface area contributed by atoms with Crippen molar-refractivity contribution < 1.29 is 19.5 Å². The van der Waals surface area contributed by atoms with Gasteiger partial charge < -0.3 is 6.92 Å². The summed E-state index contributed by atoms with van der Waals surface area (Å²) in [7, 11) is 0. The van der Waals surface area contributed by atoms with Gasteiger partial charge in [0.15, 0.2) is 0 Å². The topological polar surface area (TPSA) is 0 Å². The maximum atomic E-state index is 3.25. The Bertz CT molecular complexity index is 135. The van der Waals surface area contributed by atoms with Gasteiger partial charge in [0, 0.05) is 0 Å². The Morgan fingerprint density at radius 2 is 1.60 bits per heavy atom. The zero-order valence-electron chi connectivity index (χ0n) is 6.72. The Balaban J connectivity index is 0. The van der Waals surface area contributed by atoms with E-state index in [9.17, 15) is 0 Å². The largest absolute Gasteiger partial charge is 2.00 e.